The second-order valence-corrected chi connectivity index (χ2v) is 7.21. The number of amides is 1. The van der Waals surface area contributed by atoms with E-state index in [0.29, 0.717) is 24.3 Å². The number of aromatic nitrogens is 3. The molecule has 0 atom stereocenters. The summed E-state index contributed by atoms with van der Waals surface area (Å²) in [6.45, 7) is 5.24. The van der Waals surface area contributed by atoms with Crippen molar-refractivity contribution in [1.29, 1.82) is 0 Å². The van der Waals surface area contributed by atoms with Crippen molar-refractivity contribution < 1.29 is 9.90 Å². The fraction of sp³-hybridized carbons (Fsp3) is 0.824. The number of hydrogen-bond donors (Lipinski definition) is 3. The molecule has 1 aliphatic carbocycles. The Kier molecular flexibility index (Phi) is 9.97. The number of rotatable bonds is 7. The summed E-state index contributed by atoms with van der Waals surface area (Å²) in [5.41, 5.74) is 0. The Morgan fingerprint density at radius 3 is 2.56 bits per heavy atom. The van der Waals surface area contributed by atoms with Gasteiger partial charge in [-0.1, -0.05) is 0 Å². The molecule has 3 rings (SSSR count). The third-order valence-corrected chi connectivity index (χ3v) is 5.51. The molecule has 0 radical (unpaired) electrons. The summed E-state index contributed by atoms with van der Waals surface area (Å²) >= 11 is 0. The second kappa shape index (κ2) is 11.2. The zero-order valence-electron chi connectivity index (χ0n) is 16.1. The van der Waals surface area contributed by atoms with E-state index in [0.717, 1.165) is 51.1 Å². The smallest absolute Gasteiger partial charge is 0.234 e. The number of nitrogens with one attached hydrogen (secondary N) is 2. The lowest BCUT2D eigenvalue weighted by Crippen LogP contribution is -2.49. The van der Waals surface area contributed by atoms with Crippen LogP contribution in [0.1, 0.15) is 50.2 Å². The van der Waals surface area contributed by atoms with E-state index in [9.17, 15) is 9.90 Å². The number of aliphatic hydroxyl groups excluding tert-OH is 1. The first-order chi connectivity index (χ1) is 12.1. The maximum Gasteiger partial charge on any atom is 0.234 e. The topological polar surface area (TPSA) is 95.3 Å². The van der Waals surface area contributed by atoms with E-state index in [1.54, 1.807) is 0 Å². The Labute approximate surface area is 173 Å². The number of likely N-dealkylation sites (N-methyl/N-ethyl adjacent to an activating group) is 1. The first-order valence-corrected chi connectivity index (χ1v) is 9.35. The van der Waals surface area contributed by atoms with Gasteiger partial charge in [0, 0.05) is 24.5 Å². The fourth-order valence-corrected chi connectivity index (χ4v) is 3.94. The monoisotopic (exact) mass is 422 g/mol. The molecule has 2 heterocycles. The zero-order valence-corrected chi connectivity index (χ0v) is 17.7. The Morgan fingerprint density at radius 1 is 1.30 bits per heavy atom. The predicted octanol–water partition coefficient (Wildman–Crippen LogP) is 0.680. The van der Waals surface area contributed by atoms with Gasteiger partial charge in [-0.05, 0) is 52.7 Å². The van der Waals surface area contributed by atoms with Crippen molar-refractivity contribution in [3.8, 4) is 0 Å². The van der Waals surface area contributed by atoms with E-state index >= 15 is 0 Å². The van der Waals surface area contributed by atoms with Crippen LogP contribution in [-0.2, 0) is 17.9 Å². The van der Waals surface area contributed by atoms with Gasteiger partial charge in [-0.3, -0.25) is 9.69 Å². The van der Waals surface area contributed by atoms with Gasteiger partial charge in [0.25, 0.3) is 0 Å². The number of aliphatic hydroxyl groups is 1. The minimum atomic E-state index is -0.0866. The highest BCUT2D eigenvalue weighted by Gasteiger charge is 2.35. The first kappa shape index (κ1) is 24.1. The van der Waals surface area contributed by atoms with Crippen LogP contribution >= 0.6 is 24.8 Å². The van der Waals surface area contributed by atoms with E-state index in [4.69, 9.17) is 0 Å². The minimum absolute atomic E-state index is 0. The highest BCUT2D eigenvalue weighted by atomic mass is 35.5. The average molecular weight is 423 g/mol. The summed E-state index contributed by atoms with van der Waals surface area (Å²) in [5, 5.41) is 24.1. The first-order valence-electron chi connectivity index (χ1n) is 9.35. The molecule has 1 saturated carbocycles. The largest absolute Gasteiger partial charge is 0.388 e. The SMILES string of the molecule is CCn1c(CO)nnc1C1CC(NC(=O)CN(C)C2CCNCC2)C1.Cl.Cl. The van der Waals surface area contributed by atoms with Crippen molar-refractivity contribution in [2.45, 2.75) is 63.8 Å². The van der Waals surface area contributed by atoms with Crippen LogP contribution in [0.4, 0.5) is 0 Å². The van der Waals surface area contributed by atoms with Gasteiger partial charge in [0.15, 0.2) is 5.82 Å². The van der Waals surface area contributed by atoms with E-state index in [-0.39, 0.29) is 43.4 Å². The standard InChI is InChI=1S/C17H30N6O2.2ClH/c1-3-23-15(11-24)20-21-17(23)12-8-13(9-12)19-16(25)10-22(2)14-4-6-18-7-5-14;;/h12-14,18,24H,3-11H2,1-2H3,(H,19,25);2*1H. The number of carbonyl (C=O) groups excluding carboxylic acids is 1. The minimum Gasteiger partial charge on any atom is -0.388 e. The van der Waals surface area contributed by atoms with Crippen LogP contribution in [-0.4, -0.2) is 69.4 Å². The van der Waals surface area contributed by atoms with E-state index in [1.807, 2.05) is 18.5 Å². The molecule has 1 aliphatic heterocycles. The van der Waals surface area contributed by atoms with Gasteiger partial charge >= 0.3 is 0 Å². The molecule has 0 spiro atoms. The normalized spacial score (nSPS) is 22.5. The van der Waals surface area contributed by atoms with E-state index < -0.39 is 0 Å². The van der Waals surface area contributed by atoms with Crippen LogP contribution in [0.15, 0.2) is 0 Å². The molecule has 10 heteroatoms. The summed E-state index contributed by atoms with van der Waals surface area (Å²) in [6.07, 6.45) is 4.00. The molecule has 0 bridgehead atoms. The molecule has 0 unspecified atom stereocenters. The van der Waals surface area contributed by atoms with Gasteiger partial charge in [0.1, 0.15) is 12.4 Å². The average Bonchev–Trinajstić information content (AvgIpc) is 3.00. The van der Waals surface area contributed by atoms with Crippen molar-refractivity contribution in [3.63, 3.8) is 0 Å². The molecule has 156 valence electrons. The summed E-state index contributed by atoms with van der Waals surface area (Å²) < 4.78 is 1.98. The second-order valence-electron chi connectivity index (χ2n) is 7.21. The maximum absolute atomic E-state index is 12.3. The molecule has 1 aromatic heterocycles. The summed E-state index contributed by atoms with van der Waals surface area (Å²) in [6, 6.07) is 0.722. The molecule has 8 nitrogen and oxygen atoms in total. The number of halogens is 2. The highest BCUT2D eigenvalue weighted by Crippen LogP contribution is 2.36. The summed E-state index contributed by atoms with van der Waals surface area (Å²) in [4.78, 5) is 14.5. The van der Waals surface area contributed by atoms with Gasteiger partial charge in [-0.25, -0.2) is 0 Å². The van der Waals surface area contributed by atoms with Gasteiger partial charge < -0.3 is 20.3 Å². The van der Waals surface area contributed by atoms with Crippen molar-refractivity contribution in [2.24, 2.45) is 0 Å². The lowest BCUT2D eigenvalue weighted by molar-refractivity contribution is -0.123. The summed E-state index contributed by atoms with van der Waals surface area (Å²) in [7, 11) is 2.04. The molecule has 27 heavy (non-hydrogen) atoms. The third kappa shape index (κ3) is 5.77. The quantitative estimate of drug-likeness (QED) is 0.597. The third-order valence-electron chi connectivity index (χ3n) is 5.51. The molecule has 2 aliphatic rings. The van der Waals surface area contributed by atoms with Crippen molar-refractivity contribution in [1.82, 2.24) is 30.3 Å². The fourth-order valence-electron chi connectivity index (χ4n) is 3.94. The molecular weight excluding hydrogens is 391 g/mol. The predicted molar refractivity (Wildman–Crippen MR) is 109 cm³/mol. The molecule has 1 saturated heterocycles. The molecule has 0 aromatic carbocycles. The number of hydrogen-bond acceptors (Lipinski definition) is 6. The molecule has 3 N–H and O–H groups in total. The lowest BCUT2D eigenvalue weighted by Gasteiger charge is -2.36. The summed E-state index contributed by atoms with van der Waals surface area (Å²) in [5.74, 6) is 1.98. The van der Waals surface area contributed by atoms with Crippen molar-refractivity contribution >= 4 is 30.7 Å². The van der Waals surface area contributed by atoms with Crippen molar-refractivity contribution in [3.05, 3.63) is 11.6 Å². The van der Waals surface area contributed by atoms with E-state index in [2.05, 4.69) is 25.7 Å². The Morgan fingerprint density at radius 2 is 1.96 bits per heavy atom. The number of piperidine rings is 1. The van der Waals surface area contributed by atoms with Gasteiger partial charge in [-0.2, -0.15) is 0 Å². The zero-order chi connectivity index (χ0) is 17.8. The molecule has 1 amide bonds. The lowest BCUT2D eigenvalue weighted by atomic mass is 9.79. The van der Waals surface area contributed by atoms with Crippen LogP contribution < -0.4 is 10.6 Å². The highest BCUT2D eigenvalue weighted by molar-refractivity contribution is 5.85. The van der Waals surface area contributed by atoms with Crippen LogP contribution in [0, 0.1) is 0 Å². The van der Waals surface area contributed by atoms with Gasteiger partial charge in [0.05, 0.1) is 6.54 Å². The molecular formula is C17H32Cl2N6O2. The number of nitrogens with zero attached hydrogens (tertiary/aromatic N) is 4. The Bertz CT molecular complexity index is 588. The maximum atomic E-state index is 12.3. The van der Waals surface area contributed by atoms with Crippen LogP contribution in [0.2, 0.25) is 0 Å². The Hall–Kier alpha value is -0.930. The molecule has 1 aromatic rings. The Balaban J connectivity index is 0.00000182. The van der Waals surface area contributed by atoms with Crippen LogP contribution in [0.25, 0.3) is 0 Å². The van der Waals surface area contributed by atoms with Gasteiger partial charge in [-0.15, -0.1) is 35.0 Å². The molecule has 2 fully saturated rings. The van der Waals surface area contributed by atoms with Crippen molar-refractivity contribution in [2.75, 3.05) is 26.7 Å². The van der Waals surface area contributed by atoms with Gasteiger partial charge in [0.2, 0.25) is 5.91 Å². The van der Waals surface area contributed by atoms with E-state index in [1.165, 1.54) is 0 Å². The van der Waals surface area contributed by atoms with Crippen LogP contribution in [0.5, 0.6) is 0 Å². The number of carbonyl (C=O) groups is 1. The van der Waals surface area contributed by atoms with Crippen LogP contribution in [0.3, 0.4) is 0 Å².